The molecule has 0 bridgehead atoms. The van der Waals surface area contributed by atoms with Gasteiger partial charge in [-0.25, -0.2) is 0 Å². The van der Waals surface area contributed by atoms with E-state index in [-0.39, 0.29) is 17.8 Å². The number of aliphatic carboxylic acids is 1. The average molecular weight is 406 g/mol. The molecule has 1 heterocycles. The fraction of sp³-hybridized carbons (Fsp3) is 0.261. The normalized spacial score (nSPS) is 17.2. The van der Waals surface area contributed by atoms with E-state index in [2.05, 4.69) is 5.32 Å². The molecule has 0 unspecified atom stereocenters. The van der Waals surface area contributed by atoms with Crippen LogP contribution in [0, 0.1) is 0 Å². The van der Waals surface area contributed by atoms with E-state index in [1.165, 1.54) is 0 Å². The SMILES string of the molecule is O=C(O)CNC(=O)C1=C(O)CC2(CC2)N(Cc2ccc(-c3ccccc3)cc2)C1=O. The van der Waals surface area contributed by atoms with Crippen molar-refractivity contribution in [3.05, 3.63) is 71.5 Å². The fourth-order valence-corrected chi connectivity index (χ4v) is 3.89. The van der Waals surface area contributed by atoms with Gasteiger partial charge in [0.25, 0.3) is 11.8 Å². The second kappa shape index (κ2) is 7.67. The fourth-order valence-electron chi connectivity index (χ4n) is 3.89. The van der Waals surface area contributed by atoms with Crippen molar-refractivity contribution in [1.29, 1.82) is 0 Å². The largest absolute Gasteiger partial charge is 0.511 e. The molecule has 2 aliphatic rings. The molecule has 1 fully saturated rings. The number of amides is 2. The van der Waals surface area contributed by atoms with Crippen LogP contribution in [-0.2, 0) is 20.9 Å². The summed E-state index contributed by atoms with van der Waals surface area (Å²) in [6.45, 7) is -0.300. The lowest BCUT2D eigenvalue weighted by atomic mass is 9.95. The minimum absolute atomic E-state index is 0.205. The second-order valence-corrected chi connectivity index (χ2v) is 7.75. The zero-order chi connectivity index (χ0) is 21.3. The smallest absolute Gasteiger partial charge is 0.322 e. The summed E-state index contributed by atoms with van der Waals surface area (Å²) in [7, 11) is 0. The van der Waals surface area contributed by atoms with Crippen molar-refractivity contribution in [1.82, 2.24) is 10.2 Å². The van der Waals surface area contributed by atoms with Crippen LogP contribution < -0.4 is 5.32 Å². The van der Waals surface area contributed by atoms with Crippen molar-refractivity contribution in [3.63, 3.8) is 0 Å². The predicted octanol–water partition coefficient (Wildman–Crippen LogP) is 2.63. The number of aliphatic hydroxyl groups excluding tert-OH is 1. The molecule has 7 nitrogen and oxygen atoms in total. The minimum atomic E-state index is -1.22. The third-order valence-corrected chi connectivity index (χ3v) is 5.67. The third-order valence-electron chi connectivity index (χ3n) is 5.67. The van der Waals surface area contributed by atoms with Gasteiger partial charge in [-0.05, 0) is 29.5 Å². The molecule has 0 saturated heterocycles. The highest BCUT2D eigenvalue weighted by atomic mass is 16.4. The molecule has 1 saturated carbocycles. The van der Waals surface area contributed by atoms with Crippen LogP contribution in [0.15, 0.2) is 65.9 Å². The van der Waals surface area contributed by atoms with E-state index in [1.807, 2.05) is 54.6 Å². The van der Waals surface area contributed by atoms with Crippen molar-refractivity contribution >= 4 is 17.8 Å². The molecule has 0 atom stereocenters. The monoisotopic (exact) mass is 406 g/mol. The van der Waals surface area contributed by atoms with Gasteiger partial charge in [0.15, 0.2) is 0 Å². The van der Waals surface area contributed by atoms with E-state index in [0.717, 1.165) is 29.5 Å². The summed E-state index contributed by atoms with van der Waals surface area (Å²) in [6, 6.07) is 17.9. The first-order chi connectivity index (χ1) is 14.4. The second-order valence-electron chi connectivity index (χ2n) is 7.75. The average Bonchev–Trinajstić information content (AvgIpc) is 3.50. The van der Waals surface area contributed by atoms with E-state index in [9.17, 15) is 19.5 Å². The molecule has 2 aromatic rings. The number of carboxylic acids is 1. The number of nitrogens with zero attached hydrogens (tertiary/aromatic N) is 1. The number of benzene rings is 2. The Bertz CT molecular complexity index is 1020. The Labute approximate surface area is 173 Å². The maximum atomic E-state index is 13.1. The van der Waals surface area contributed by atoms with Crippen LogP contribution in [0.25, 0.3) is 11.1 Å². The third kappa shape index (κ3) is 3.78. The topological polar surface area (TPSA) is 107 Å². The number of rotatable bonds is 6. The summed E-state index contributed by atoms with van der Waals surface area (Å²) >= 11 is 0. The number of aliphatic hydroxyl groups is 1. The Morgan fingerprint density at radius 1 is 1.00 bits per heavy atom. The maximum absolute atomic E-state index is 13.1. The van der Waals surface area contributed by atoms with Crippen LogP contribution in [0.1, 0.15) is 24.8 Å². The molecule has 3 N–H and O–H groups in total. The summed E-state index contributed by atoms with van der Waals surface area (Å²) in [5, 5.41) is 21.2. The van der Waals surface area contributed by atoms with E-state index in [0.29, 0.717) is 6.54 Å². The highest BCUT2D eigenvalue weighted by Crippen LogP contribution is 2.50. The van der Waals surface area contributed by atoms with Gasteiger partial charge in [0.05, 0.1) is 5.54 Å². The molecule has 4 rings (SSSR count). The Morgan fingerprint density at radius 2 is 1.63 bits per heavy atom. The predicted molar refractivity (Wildman–Crippen MR) is 109 cm³/mol. The van der Waals surface area contributed by atoms with Crippen LogP contribution >= 0.6 is 0 Å². The molecule has 154 valence electrons. The molecule has 2 aromatic carbocycles. The number of hydrogen-bond donors (Lipinski definition) is 3. The highest BCUT2D eigenvalue weighted by Gasteiger charge is 2.55. The van der Waals surface area contributed by atoms with E-state index in [1.54, 1.807) is 4.90 Å². The van der Waals surface area contributed by atoms with Gasteiger partial charge in [0.2, 0.25) is 0 Å². The number of carbonyl (C=O) groups is 3. The first-order valence-electron chi connectivity index (χ1n) is 9.78. The van der Waals surface area contributed by atoms with Crippen LogP contribution in [0.5, 0.6) is 0 Å². The van der Waals surface area contributed by atoms with Crippen LogP contribution in [-0.4, -0.2) is 45.0 Å². The standard InChI is InChI=1S/C23H22N2O5/c26-18-12-23(10-11-23)25(22(30)20(18)21(29)24-13-19(27)28)14-15-6-8-17(9-7-15)16-4-2-1-3-5-16/h1-9,26H,10-14H2,(H,24,29)(H,27,28). The van der Waals surface area contributed by atoms with Gasteiger partial charge in [-0.15, -0.1) is 0 Å². The molecule has 30 heavy (non-hydrogen) atoms. The number of carboxylic acid groups (broad SMARTS) is 1. The van der Waals surface area contributed by atoms with Crippen LogP contribution in [0.4, 0.5) is 0 Å². The zero-order valence-electron chi connectivity index (χ0n) is 16.3. The quantitative estimate of drug-likeness (QED) is 0.640. The lowest BCUT2D eigenvalue weighted by Crippen LogP contribution is -2.49. The molecule has 0 radical (unpaired) electrons. The van der Waals surface area contributed by atoms with Gasteiger partial charge in [0, 0.05) is 13.0 Å². The van der Waals surface area contributed by atoms with Crippen molar-refractivity contribution in [2.45, 2.75) is 31.3 Å². The Hall–Kier alpha value is -3.61. The Morgan fingerprint density at radius 3 is 2.23 bits per heavy atom. The van der Waals surface area contributed by atoms with Crippen LogP contribution in [0.2, 0.25) is 0 Å². The molecule has 1 aliphatic heterocycles. The van der Waals surface area contributed by atoms with Gasteiger partial charge in [0.1, 0.15) is 17.9 Å². The molecule has 1 spiro atoms. The summed E-state index contributed by atoms with van der Waals surface area (Å²) in [5.41, 5.74) is 2.25. The number of hydrogen-bond acceptors (Lipinski definition) is 4. The summed E-state index contributed by atoms with van der Waals surface area (Å²) in [6.07, 6.45) is 1.72. The van der Waals surface area contributed by atoms with Crippen molar-refractivity contribution < 1.29 is 24.6 Å². The first-order valence-corrected chi connectivity index (χ1v) is 9.78. The molecule has 1 aliphatic carbocycles. The van der Waals surface area contributed by atoms with Gasteiger partial charge in [-0.2, -0.15) is 0 Å². The molecular formula is C23H22N2O5. The lowest BCUT2D eigenvalue weighted by Gasteiger charge is -2.36. The van der Waals surface area contributed by atoms with Gasteiger partial charge in [-0.3, -0.25) is 14.4 Å². The zero-order valence-corrected chi connectivity index (χ0v) is 16.3. The lowest BCUT2D eigenvalue weighted by molar-refractivity contribution is -0.139. The van der Waals surface area contributed by atoms with Crippen molar-refractivity contribution in [3.8, 4) is 11.1 Å². The Kier molecular flexibility index (Phi) is 5.03. The Balaban J connectivity index is 1.54. The van der Waals surface area contributed by atoms with Crippen molar-refractivity contribution in [2.75, 3.05) is 6.54 Å². The highest BCUT2D eigenvalue weighted by molar-refractivity contribution is 6.19. The maximum Gasteiger partial charge on any atom is 0.322 e. The van der Waals surface area contributed by atoms with Gasteiger partial charge < -0.3 is 20.4 Å². The first kappa shape index (κ1) is 19.7. The van der Waals surface area contributed by atoms with Crippen molar-refractivity contribution in [2.24, 2.45) is 0 Å². The summed E-state index contributed by atoms with van der Waals surface area (Å²) < 4.78 is 0. The summed E-state index contributed by atoms with van der Waals surface area (Å²) in [5.74, 6) is -2.91. The van der Waals surface area contributed by atoms with Gasteiger partial charge in [-0.1, -0.05) is 54.6 Å². The molecule has 7 heteroatoms. The number of nitrogens with one attached hydrogen (secondary N) is 1. The molecule has 0 aromatic heterocycles. The van der Waals surface area contributed by atoms with E-state index in [4.69, 9.17) is 5.11 Å². The van der Waals surface area contributed by atoms with Crippen LogP contribution in [0.3, 0.4) is 0 Å². The van der Waals surface area contributed by atoms with Gasteiger partial charge >= 0.3 is 5.97 Å². The van der Waals surface area contributed by atoms with E-state index >= 15 is 0 Å². The minimum Gasteiger partial charge on any atom is -0.511 e. The molecular weight excluding hydrogens is 384 g/mol. The van der Waals surface area contributed by atoms with E-state index < -0.39 is 29.9 Å². The number of carbonyl (C=O) groups excluding carboxylic acids is 2. The molecule has 2 amide bonds. The summed E-state index contributed by atoms with van der Waals surface area (Å²) in [4.78, 5) is 37.7.